The molecule has 1 aliphatic heterocycles. The second-order valence-electron chi connectivity index (χ2n) is 5.39. The van der Waals surface area contributed by atoms with E-state index in [1.165, 1.54) is 0 Å². The summed E-state index contributed by atoms with van der Waals surface area (Å²) in [7, 11) is 1.76. The van der Waals surface area contributed by atoms with Gasteiger partial charge in [0.15, 0.2) is 0 Å². The Bertz CT molecular complexity index is 507. The Morgan fingerprint density at radius 3 is 2.82 bits per heavy atom. The van der Waals surface area contributed by atoms with E-state index in [1.807, 2.05) is 35.2 Å². The van der Waals surface area contributed by atoms with Crippen molar-refractivity contribution in [2.45, 2.75) is 18.9 Å². The monoisotopic (exact) mass is 305 g/mol. The van der Waals surface area contributed by atoms with Gasteiger partial charge in [0.25, 0.3) is 0 Å². The second kappa shape index (κ2) is 7.91. The van der Waals surface area contributed by atoms with Gasteiger partial charge in [-0.15, -0.1) is 0 Å². The molecular formula is C16H23N3O3. The summed E-state index contributed by atoms with van der Waals surface area (Å²) in [6, 6.07) is 9.14. The molecule has 2 amide bonds. The van der Waals surface area contributed by atoms with Crippen LogP contribution in [0.3, 0.4) is 0 Å². The Hall–Kier alpha value is -1.92. The number of carbonyl (C=O) groups is 2. The van der Waals surface area contributed by atoms with E-state index in [-0.39, 0.29) is 24.5 Å². The summed E-state index contributed by atoms with van der Waals surface area (Å²) in [4.78, 5) is 27.7. The van der Waals surface area contributed by atoms with Crippen LogP contribution in [0.1, 0.15) is 12.8 Å². The van der Waals surface area contributed by atoms with E-state index in [0.717, 1.165) is 5.69 Å². The fourth-order valence-corrected chi connectivity index (χ4v) is 2.67. The number of hydrogen-bond acceptors (Lipinski definition) is 4. The highest BCUT2D eigenvalue weighted by molar-refractivity contribution is 5.92. The number of carbonyl (C=O) groups excluding carboxylic acids is 2. The van der Waals surface area contributed by atoms with Crippen molar-refractivity contribution in [1.29, 1.82) is 0 Å². The van der Waals surface area contributed by atoms with E-state index in [9.17, 15) is 9.59 Å². The van der Waals surface area contributed by atoms with Gasteiger partial charge in [-0.1, -0.05) is 18.2 Å². The van der Waals surface area contributed by atoms with Crippen LogP contribution >= 0.6 is 0 Å². The summed E-state index contributed by atoms with van der Waals surface area (Å²) < 4.78 is 0. The summed E-state index contributed by atoms with van der Waals surface area (Å²) in [5, 5.41) is 11.9. The minimum Gasteiger partial charge on any atom is -0.396 e. The van der Waals surface area contributed by atoms with Crippen LogP contribution in [0, 0.1) is 0 Å². The highest BCUT2D eigenvalue weighted by Gasteiger charge is 2.29. The molecule has 0 aromatic heterocycles. The lowest BCUT2D eigenvalue weighted by molar-refractivity contribution is -0.130. The number of aliphatic hydroxyl groups is 1. The van der Waals surface area contributed by atoms with Crippen molar-refractivity contribution in [2.24, 2.45) is 0 Å². The predicted octanol–water partition coefficient (Wildman–Crippen LogP) is 0.222. The van der Waals surface area contributed by atoms with Crippen LogP contribution in [0.15, 0.2) is 30.3 Å². The van der Waals surface area contributed by atoms with E-state index in [1.54, 1.807) is 11.9 Å². The number of hydrogen-bond donors (Lipinski definition) is 2. The molecule has 1 heterocycles. The Morgan fingerprint density at radius 1 is 1.41 bits per heavy atom. The number of nitrogens with one attached hydrogen (secondary N) is 1. The normalized spacial score (nSPS) is 18.8. The Kier molecular flexibility index (Phi) is 5.91. The smallest absolute Gasteiger partial charge is 0.237 e. The summed E-state index contributed by atoms with van der Waals surface area (Å²) in [6.07, 6.45) is 0.745. The van der Waals surface area contributed by atoms with Gasteiger partial charge in [0.1, 0.15) is 0 Å². The maximum absolute atomic E-state index is 12.3. The number of anilines is 1. The molecule has 1 saturated heterocycles. The number of rotatable bonds is 6. The zero-order valence-electron chi connectivity index (χ0n) is 12.9. The Labute approximate surface area is 130 Å². The quantitative estimate of drug-likeness (QED) is 0.789. The molecule has 1 aromatic rings. The van der Waals surface area contributed by atoms with Crippen molar-refractivity contribution in [3.63, 3.8) is 0 Å². The van der Waals surface area contributed by atoms with Gasteiger partial charge in [0.2, 0.25) is 11.8 Å². The molecule has 1 fully saturated rings. The molecule has 0 spiro atoms. The number of nitrogens with zero attached hydrogens (tertiary/aromatic N) is 2. The van der Waals surface area contributed by atoms with Gasteiger partial charge in [-0.2, -0.15) is 0 Å². The summed E-state index contributed by atoms with van der Waals surface area (Å²) in [5.74, 6) is -0.0518. The maximum Gasteiger partial charge on any atom is 0.237 e. The molecule has 0 radical (unpaired) electrons. The van der Waals surface area contributed by atoms with Crippen LogP contribution in [0.4, 0.5) is 5.69 Å². The minimum absolute atomic E-state index is 0.0138. The van der Waals surface area contributed by atoms with Crippen LogP contribution in [-0.4, -0.2) is 61.2 Å². The first-order chi connectivity index (χ1) is 10.6. The summed E-state index contributed by atoms with van der Waals surface area (Å²) >= 11 is 0. The van der Waals surface area contributed by atoms with E-state index in [4.69, 9.17) is 5.11 Å². The number of amides is 2. The van der Waals surface area contributed by atoms with Gasteiger partial charge in [0.05, 0.1) is 6.04 Å². The number of piperazine rings is 1. The second-order valence-corrected chi connectivity index (χ2v) is 5.39. The van der Waals surface area contributed by atoms with Gasteiger partial charge >= 0.3 is 0 Å². The van der Waals surface area contributed by atoms with Crippen molar-refractivity contribution in [1.82, 2.24) is 10.2 Å². The van der Waals surface area contributed by atoms with Gasteiger partial charge in [-0.05, 0) is 18.6 Å². The highest BCUT2D eigenvalue weighted by Crippen LogP contribution is 2.14. The molecule has 1 aliphatic rings. The molecule has 2 rings (SSSR count). The lowest BCUT2D eigenvalue weighted by Crippen LogP contribution is -2.56. The molecule has 0 aliphatic carbocycles. The molecular weight excluding hydrogens is 282 g/mol. The third-order valence-electron chi connectivity index (χ3n) is 3.97. The average molecular weight is 305 g/mol. The van der Waals surface area contributed by atoms with Crippen LogP contribution in [0.2, 0.25) is 0 Å². The standard InChI is InChI=1S/C16H23N3O3/c1-18(13-5-3-2-4-6-13)15(21)7-10-19-11-9-17-16(22)14(19)8-12-20/h2-6,14,20H,7-12H2,1H3,(H,17,22). The van der Waals surface area contributed by atoms with E-state index < -0.39 is 0 Å². The van der Waals surface area contributed by atoms with E-state index in [0.29, 0.717) is 32.5 Å². The number of para-hydroxylation sites is 1. The van der Waals surface area contributed by atoms with Gasteiger partial charge < -0.3 is 15.3 Å². The number of aliphatic hydroxyl groups excluding tert-OH is 1. The molecule has 1 aromatic carbocycles. The first kappa shape index (κ1) is 16.5. The molecule has 1 atom stereocenters. The first-order valence-corrected chi connectivity index (χ1v) is 7.57. The SMILES string of the molecule is CN(C(=O)CCN1CCNC(=O)C1CCO)c1ccccc1. The molecule has 22 heavy (non-hydrogen) atoms. The molecule has 2 N–H and O–H groups in total. The summed E-state index contributed by atoms with van der Waals surface area (Å²) in [6.45, 7) is 1.78. The maximum atomic E-state index is 12.3. The van der Waals surface area contributed by atoms with Crippen LogP contribution in [0.25, 0.3) is 0 Å². The van der Waals surface area contributed by atoms with Gasteiger partial charge in [-0.3, -0.25) is 14.5 Å². The largest absolute Gasteiger partial charge is 0.396 e. The van der Waals surface area contributed by atoms with Crippen LogP contribution in [0.5, 0.6) is 0 Å². The van der Waals surface area contributed by atoms with Crippen molar-refractivity contribution in [2.75, 3.05) is 38.2 Å². The topological polar surface area (TPSA) is 72.9 Å². The van der Waals surface area contributed by atoms with Gasteiger partial charge in [0, 0.05) is 45.4 Å². The molecule has 0 saturated carbocycles. The lowest BCUT2D eigenvalue weighted by Gasteiger charge is -2.34. The van der Waals surface area contributed by atoms with Crippen molar-refractivity contribution >= 4 is 17.5 Å². The fraction of sp³-hybridized carbons (Fsp3) is 0.500. The lowest BCUT2D eigenvalue weighted by atomic mass is 10.1. The van der Waals surface area contributed by atoms with Crippen molar-refractivity contribution < 1.29 is 14.7 Å². The first-order valence-electron chi connectivity index (χ1n) is 7.57. The molecule has 6 nitrogen and oxygen atoms in total. The summed E-state index contributed by atoms with van der Waals surface area (Å²) in [5.41, 5.74) is 0.857. The highest BCUT2D eigenvalue weighted by atomic mass is 16.3. The fourth-order valence-electron chi connectivity index (χ4n) is 2.67. The zero-order chi connectivity index (χ0) is 15.9. The third kappa shape index (κ3) is 4.05. The average Bonchev–Trinajstić information content (AvgIpc) is 2.55. The molecule has 1 unspecified atom stereocenters. The van der Waals surface area contributed by atoms with E-state index >= 15 is 0 Å². The van der Waals surface area contributed by atoms with Crippen LogP contribution < -0.4 is 10.2 Å². The van der Waals surface area contributed by atoms with Crippen molar-refractivity contribution in [3.8, 4) is 0 Å². The molecule has 0 bridgehead atoms. The molecule has 6 heteroatoms. The predicted molar refractivity (Wildman–Crippen MR) is 84.5 cm³/mol. The van der Waals surface area contributed by atoms with Gasteiger partial charge in [-0.25, -0.2) is 0 Å². The van der Waals surface area contributed by atoms with Crippen molar-refractivity contribution in [3.05, 3.63) is 30.3 Å². The van der Waals surface area contributed by atoms with E-state index in [2.05, 4.69) is 5.32 Å². The zero-order valence-corrected chi connectivity index (χ0v) is 12.9. The van der Waals surface area contributed by atoms with Crippen LogP contribution in [-0.2, 0) is 9.59 Å². The molecule has 120 valence electrons. The number of benzene rings is 1. The Balaban J connectivity index is 1.90. The minimum atomic E-state index is -0.339. The third-order valence-corrected chi connectivity index (χ3v) is 3.97. The Morgan fingerprint density at radius 2 is 2.14 bits per heavy atom.